The van der Waals surface area contributed by atoms with Crippen LogP contribution in [-0.4, -0.2) is 22.6 Å². The van der Waals surface area contributed by atoms with Gasteiger partial charge in [0, 0.05) is 19.2 Å². The van der Waals surface area contributed by atoms with E-state index >= 15 is 0 Å². The van der Waals surface area contributed by atoms with E-state index in [0.717, 1.165) is 38.0 Å². The summed E-state index contributed by atoms with van der Waals surface area (Å²) in [5, 5.41) is 11.7. The van der Waals surface area contributed by atoms with Crippen LogP contribution in [0.1, 0.15) is 31.4 Å². The van der Waals surface area contributed by atoms with Crippen LogP contribution in [0.2, 0.25) is 0 Å². The molecule has 2 N–H and O–H groups in total. The second kappa shape index (κ2) is 7.82. The second-order valence-corrected chi connectivity index (χ2v) is 3.70. The Balaban J connectivity index is 1.94. The normalized spacial score (nSPS) is 10.2. The van der Waals surface area contributed by atoms with Crippen LogP contribution in [0.15, 0.2) is 24.4 Å². The Morgan fingerprint density at radius 1 is 1.31 bits per heavy atom. The number of rotatable bonds is 8. The molecule has 4 heteroatoms. The number of hydrogen-bond donors (Lipinski definition) is 2. The highest BCUT2D eigenvalue weighted by Gasteiger charge is 1.96. The van der Waals surface area contributed by atoms with Crippen LogP contribution in [0.3, 0.4) is 0 Å². The zero-order valence-corrected chi connectivity index (χ0v) is 9.35. The van der Waals surface area contributed by atoms with Crippen molar-refractivity contribution in [3.63, 3.8) is 0 Å². The third kappa shape index (κ3) is 6.14. The van der Waals surface area contributed by atoms with E-state index in [2.05, 4.69) is 10.3 Å². The van der Waals surface area contributed by atoms with Gasteiger partial charge < -0.3 is 10.4 Å². The summed E-state index contributed by atoms with van der Waals surface area (Å²) in [7, 11) is 0. The molecule has 1 aromatic heterocycles. The van der Waals surface area contributed by atoms with Gasteiger partial charge in [0.25, 0.3) is 0 Å². The van der Waals surface area contributed by atoms with Crippen LogP contribution in [0, 0.1) is 0 Å². The highest BCUT2D eigenvalue weighted by atomic mass is 16.4. The smallest absolute Gasteiger partial charge is 0.303 e. The van der Waals surface area contributed by atoms with Gasteiger partial charge in [-0.1, -0.05) is 12.5 Å². The molecule has 0 atom stereocenters. The average Bonchev–Trinajstić information content (AvgIpc) is 2.29. The molecule has 0 fully saturated rings. The Labute approximate surface area is 95.7 Å². The molecule has 1 aromatic rings. The fourth-order valence-corrected chi connectivity index (χ4v) is 1.42. The first-order chi connectivity index (χ1) is 7.79. The first-order valence-electron chi connectivity index (χ1n) is 5.61. The van der Waals surface area contributed by atoms with E-state index in [0.29, 0.717) is 0 Å². The lowest BCUT2D eigenvalue weighted by Gasteiger charge is -2.03. The van der Waals surface area contributed by atoms with Gasteiger partial charge in [-0.15, -0.1) is 0 Å². The van der Waals surface area contributed by atoms with Crippen molar-refractivity contribution in [2.75, 3.05) is 6.54 Å². The van der Waals surface area contributed by atoms with Crippen molar-refractivity contribution < 1.29 is 9.90 Å². The molecule has 0 saturated carbocycles. The topological polar surface area (TPSA) is 62.2 Å². The molecule has 0 spiro atoms. The van der Waals surface area contributed by atoms with E-state index in [1.54, 1.807) is 6.20 Å². The van der Waals surface area contributed by atoms with Gasteiger partial charge in [0.15, 0.2) is 0 Å². The summed E-state index contributed by atoms with van der Waals surface area (Å²) in [5.74, 6) is -0.707. The predicted molar refractivity (Wildman–Crippen MR) is 62.0 cm³/mol. The zero-order chi connectivity index (χ0) is 11.6. The monoisotopic (exact) mass is 222 g/mol. The van der Waals surface area contributed by atoms with E-state index in [1.165, 1.54) is 0 Å². The summed E-state index contributed by atoms with van der Waals surface area (Å²) in [4.78, 5) is 14.4. The van der Waals surface area contributed by atoms with Gasteiger partial charge in [-0.25, -0.2) is 0 Å². The molecule has 0 aliphatic rings. The lowest BCUT2D eigenvalue weighted by atomic mass is 10.2. The van der Waals surface area contributed by atoms with Crippen molar-refractivity contribution in [3.8, 4) is 0 Å². The molecule has 4 nitrogen and oxygen atoms in total. The summed E-state index contributed by atoms with van der Waals surface area (Å²) in [6.07, 6.45) is 4.80. The maximum atomic E-state index is 10.2. The van der Waals surface area contributed by atoms with Crippen molar-refractivity contribution in [3.05, 3.63) is 30.1 Å². The zero-order valence-electron chi connectivity index (χ0n) is 9.35. The predicted octanol–water partition coefficient (Wildman–Crippen LogP) is 1.82. The van der Waals surface area contributed by atoms with E-state index in [-0.39, 0.29) is 6.42 Å². The quantitative estimate of drug-likeness (QED) is 0.658. The van der Waals surface area contributed by atoms with Crippen LogP contribution in [0.5, 0.6) is 0 Å². The third-order valence-corrected chi connectivity index (χ3v) is 2.28. The van der Waals surface area contributed by atoms with E-state index < -0.39 is 5.97 Å². The molecule has 88 valence electrons. The second-order valence-electron chi connectivity index (χ2n) is 3.70. The van der Waals surface area contributed by atoms with Crippen LogP contribution in [0.25, 0.3) is 0 Å². The molecular weight excluding hydrogens is 204 g/mol. The number of carbonyl (C=O) groups is 1. The number of carboxylic acid groups (broad SMARTS) is 1. The van der Waals surface area contributed by atoms with Crippen molar-refractivity contribution in [1.82, 2.24) is 10.3 Å². The lowest BCUT2D eigenvalue weighted by Crippen LogP contribution is -2.15. The van der Waals surface area contributed by atoms with Crippen LogP contribution in [0.4, 0.5) is 0 Å². The number of aliphatic carboxylic acids is 1. The molecule has 0 aliphatic heterocycles. The first-order valence-corrected chi connectivity index (χ1v) is 5.61. The minimum Gasteiger partial charge on any atom is -0.481 e. The number of aromatic nitrogens is 1. The van der Waals surface area contributed by atoms with Gasteiger partial charge in [0.2, 0.25) is 0 Å². The SMILES string of the molecule is O=C(O)CCCCCNCc1ccccn1. The average molecular weight is 222 g/mol. The molecule has 1 rings (SSSR count). The summed E-state index contributed by atoms with van der Waals surface area (Å²) >= 11 is 0. The Morgan fingerprint density at radius 2 is 2.19 bits per heavy atom. The Morgan fingerprint density at radius 3 is 2.88 bits per heavy atom. The Hall–Kier alpha value is -1.42. The number of carboxylic acids is 1. The fourth-order valence-electron chi connectivity index (χ4n) is 1.42. The van der Waals surface area contributed by atoms with Crippen molar-refractivity contribution in [2.45, 2.75) is 32.2 Å². The highest BCUT2D eigenvalue weighted by molar-refractivity contribution is 5.66. The van der Waals surface area contributed by atoms with Gasteiger partial charge in [-0.3, -0.25) is 9.78 Å². The molecule has 0 saturated heterocycles. The first kappa shape index (κ1) is 12.6. The Bertz CT molecular complexity index is 301. The van der Waals surface area contributed by atoms with Crippen molar-refractivity contribution in [1.29, 1.82) is 0 Å². The largest absolute Gasteiger partial charge is 0.481 e. The van der Waals surface area contributed by atoms with E-state index in [9.17, 15) is 4.79 Å². The molecule has 0 radical (unpaired) electrons. The van der Waals surface area contributed by atoms with Gasteiger partial charge in [-0.05, 0) is 31.5 Å². The fraction of sp³-hybridized carbons (Fsp3) is 0.500. The Kier molecular flexibility index (Phi) is 6.18. The summed E-state index contributed by atoms with van der Waals surface area (Å²) in [6.45, 7) is 1.69. The highest BCUT2D eigenvalue weighted by Crippen LogP contribution is 1.99. The minimum atomic E-state index is -0.707. The third-order valence-electron chi connectivity index (χ3n) is 2.28. The summed E-state index contributed by atoms with van der Waals surface area (Å²) in [6, 6.07) is 5.85. The van der Waals surface area contributed by atoms with Gasteiger partial charge in [-0.2, -0.15) is 0 Å². The van der Waals surface area contributed by atoms with Gasteiger partial charge >= 0.3 is 5.97 Å². The van der Waals surface area contributed by atoms with Gasteiger partial charge in [0.1, 0.15) is 0 Å². The molecule has 0 aliphatic carbocycles. The lowest BCUT2D eigenvalue weighted by molar-refractivity contribution is -0.137. The van der Waals surface area contributed by atoms with E-state index in [1.807, 2.05) is 18.2 Å². The molecule has 16 heavy (non-hydrogen) atoms. The number of nitrogens with one attached hydrogen (secondary N) is 1. The van der Waals surface area contributed by atoms with Crippen molar-refractivity contribution in [2.24, 2.45) is 0 Å². The van der Waals surface area contributed by atoms with Crippen LogP contribution in [-0.2, 0) is 11.3 Å². The van der Waals surface area contributed by atoms with Crippen LogP contribution >= 0.6 is 0 Å². The number of hydrogen-bond acceptors (Lipinski definition) is 3. The molecule has 0 aromatic carbocycles. The number of nitrogens with zero attached hydrogens (tertiary/aromatic N) is 1. The molecular formula is C12H18N2O2. The molecule has 0 bridgehead atoms. The summed E-state index contributed by atoms with van der Waals surface area (Å²) in [5.41, 5.74) is 1.04. The number of unbranched alkanes of at least 4 members (excludes halogenated alkanes) is 2. The molecule has 0 unspecified atom stereocenters. The standard InChI is InChI=1S/C12H18N2O2/c15-12(16)7-2-1-4-8-13-10-11-6-3-5-9-14-11/h3,5-6,9,13H,1-2,4,7-8,10H2,(H,15,16). The van der Waals surface area contributed by atoms with E-state index in [4.69, 9.17) is 5.11 Å². The molecule has 1 heterocycles. The van der Waals surface area contributed by atoms with Crippen LogP contribution < -0.4 is 5.32 Å². The number of pyridine rings is 1. The summed E-state index contributed by atoms with van der Waals surface area (Å²) < 4.78 is 0. The molecule has 0 amide bonds. The maximum absolute atomic E-state index is 10.2. The maximum Gasteiger partial charge on any atom is 0.303 e. The van der Waals surface area contributed by atoms with Crippen molar-refractivity contribution >= 4 is 5.97 Å². The van der Waals surface area contributed by atoms with Gasteiger partial charge in [0.05, 0.1) is 5.69 Å². The minimum absolute atomic E-state index is 0.278.